The predicted molar refractivity (Wildman–Crippen MR) is 51.1 cm³/mol. The fraction of sp³-hybridized carbons (Fsp3) is 0.818. The summed E-state index contributed by atoms with van der Waals surface area (Å²) in [5.41, 5.74) is 0. The maximum atomic E-state index is 11.4. The lowest BCUT2D eigenvalue weighted by Crippen LogP contribution is -2.38. The third kappa shape index (κ3) is 1.38. The van der Waals surface area contributed by atoms with E-state index in [-0.39, 0.29) is 24.0 Å². The molecule has 4 atom stereocenters. The van der Waals surface area contributed by atoms with Gasteiger partial charge >= 0.3 is 11.9 Å². The Morgan fingerprint density at radius 1 is 1.00 bits per heavy atom. The van der Waals surface area contributed by atoms with Crippen LogP contribution in [0.3, 0.4) is 0 Å². The predicted octanol–water partition coefficient (Wildman–Crippen LogP) is 0.616. The SMILES string of the molecule is CC1(C)O[C@H]2C[C@@H]3C(=O)OC(=O)[C@@H]3C[C@H]2O1. The maximum Gasteiger partial charge on any atom is 0.317 e. The van der Waals surface area contributed by atoms with Crippen molar-refractivity contribution >= 4 is 11.9 Å². The van der Waals surface area contributed by atoms with Gasteiger partial charge in [0.05, 0.1) is 24.0 Å². The average molecular weight is 226 g/mol. The van der Waals surface area contributed by atoms with Crippen molar-refractivity contribution in [1.82, 2.24) is 0 Å². The molecule has 5 nitrogen and oxygen atoms in total. The van der Waals surface area contributed by atoms with Gasteiger partial charge in [-0.05, 0) is 26.7 Å². The molecule has 0 bridgehead atoms. The van der Waals surface area contributed by atoms with Crippen LogP contribution in [0.5, 0.6) is 0 Å². The summed E-state index contributed by atoms with van der Waals surface area (Å²) in [6.07, 6.45) is 0.886. The summed E-state index contributed by atoms with van der Waals surface area (Å²) >= 11 is 0. The monoisotopic (exact) mass is 226 g/mol. The number of rotatable bonds is 0. The van der Waals surface area contributed by atoms with Gasteiger partial charge in [-0.15, -0.1) is 0 Å². The van der Waals surface area contributed by atoms with Crippen LogP contribution in [0.4, 0.5) is 0 Å². The smallest absolute Gasteiger partial charge is 0.317 e. The molecule has 0 unspecified atom stereocenters. The molecule has 0 radical (unpaired) electrons. The van der Waals surface area contributed by atoms with Gasteiger partial charge in [0, 0.05) is 0 Å². The fourth-order valence-corrected chi connectivity index (χ4v) is 2.91. The van der Waals surface area contributed by atoms with Crippen LogP contribution in [-0.2, 0) is 23.8 Å². The number of cyclic esters (lactones) is 2. The molecule has 1 saturated carbocycles. The van der Waals surface area contributed by atoms with Gasteiger partial charge in [-0.2, -0.15) is 0 Å². The zero-order valence-electron chi connectivity index (χ0n) is 9.26. The van der Waals surface area contributed by atoms with Crippen LogP contribution in [0.25, 0.3) is 0 Å². The first kappa shape index (κ1) is 10.2. The van der Waals surface area contributed by atoms with E-state index >= 15 is 0 Å². The van der Waals surface area contributed by atoms with Gasteiger partial charge in [-0.3, -0.25) is 9.59 Å². The van der Waals surface area contributed by atoms with Gasteiger partial charge in [0.2, 0.25) is 0 Å². The topological polar surface area (TPSA) is 61.8 Å². The molecule has 88 valence electrons. The van der Waals surface area contributed by atoms with E-state index in [4.69, 9.17) is 9.47 Å². The van der Waals surface area contributed by atoms with Crippen molar-refractivity contribution in [2.75, 3.05) is 0 Å². The maximum absolute atomic E-state index is 11.4. The highest BCUT2D eigenvalue weighted by molar-refractivity contribution is 5.96. The number of carbonyl (C=O) groups excluding carboxylic acids is 2. The minimum absolute atomic E-state index is 0.0882. The lowest BCUT2D eigenvalue weighted by atomic mass is 9.78. The summed E-state index contributed by atoms with van der Waals surface area (Å²) in [7, 11) is 0. The quantitative estimate of drug-likeness (QED) is 0.447. The molecule has 0 N–H and O–H groups in total. The normalized spacial score (nSPS) is 45.1. The highest BCUT2D eigenvalue weighted by Crippen LogP contribution is 2.44. The molecule has 0 amide bonds. The van der Waals surface area contributed by atoms with E-state index < -0.39 is 17.7 Å². The minimum atomic E-state index is -0.610. The number of esters is 2. The molecule has 16 heavy (non-hydrogen) atoms. The Kier molecular flexibility index (Phi) is 1.95. The minimum Gasteiger partial charge on any atom is -0.393 e. The highest BCUT2D eigenvalue weighted by atomic mass is 16.8. The molecule has 0 aromatic heterocycles. The Balaban J connectivity index is 1.83. The zero-order chi connectivity index (χ0) is 11.5. The van der Waals surface area contributed by atoms with Crippen LogP contribution < -0.4 is 0 Å². The molecular formula is C11H14O5. The first-order valence-electron chi connectivity index (χ1n) is 5.57. The van der Waals surface area contributed by atoms with Crippen LogP contribution in [0.2, 0.25) is 0 Å². The van der Waals surface area contributed by atoms with Crippen molar-refractivity contribution in [3.05, 3.63) is 0 Å². The fourth-order valence-electron chi connectivity index (χ4n) is 2.91. The standard InChI is InChI=1S/C11H14O5/c1-11(2)15-7-3-5-6(4-8(7)16-11)10(13)14-9(5)12/h5-8H,3-4H2,1-2H3/t5-,6+,7-,8+. The van der Waals surface area contributed by atoms with Crippen molar-refractivity contribution in [1.29, 1.82) is 0 Å². The van der Waals surface area contributed by atoms with Gasteiger partial charge in [0.25, 0.3) is 0 Å². The molecule has 0 aromatic carbocycles. The lowest BCUT2D eigenvalue weighted by molar-refractivity contribution is -0.157. The van der Waals surface area contributed by atoms with Gasteiger partial charge in [0.15, 0.2) is 5.79 Å². The summed E-state index contributed by atoms with van der Waals surface area (Å²) in [4.78, 5) is 22.9. The first-order chi connectivity index (χ1) is 7.46. The van der Waals surface area contributed by atoms with Gasteiger partial charge in [-0.25, -0.2) is 0 Å². The van der Waals surface area contributed by atoms with Gasteiger partial charge in [-0.1, -0.05) is 0 Å². The Bertz CT molecular complexity index is 329. The van der Waals surface area contributed by atoms with Crippen molar-refractivity contribution in [2.45, 2.75) is 44.7 Å². The second-order valence-corrected chi connectivity index (χ2v) is 5.14. The number of hydrogen-bond donors (Lipinski definition) is 0. The molecule has 3 fully saturated rings. The van der Waals surface area contributed by atoms with Crippen LogP contribution in [-0.4, -0.2) is 29.9 Å². The highest BCUT2D eigenvalue weighted by Gasteiger charge is 2.55. The van der Waals surface area contributed by atoms with Gasteiger partial charge in [0.1, 0.15) is 0 Å². The van der Waals surface area contributed by atoms with E-state index in [0.29, 0.717) is 12.8 Å². The Labute approximate surface area is 93.0 Å². The Hall–Kier alpha value is -0.940. The summed E-state index contributed by atoms with van der Waals surface area (Å²) in [5, 5.41) is 0. The van der Waals surface area contributed by atoms with E-state index in [0.717, 1.165) is 0 Å². The number of fused-ring (bicyclic) bond motifs is 2. The third-order valence-electron chi connectivity index (χ3n) is 3.55. The molecule has 2 saturated heterocycles. The molecule has 1 aliphatic carbocycles. The molecule has 0 spiro atoms. The van der Waals surface area contributed by atoms with E-state index in [1.807, 2.05) is 13.8 Å². The van der Waals surface area contributed by atoms with E-state index in [2.05, 4.69) is 4.74 Å². The molecule has 2 heterocycles. The second-order valence-electron chi connectivity index (χ2n) is 5.14. The summed E-state index contributed by atoms with van der Waals surface area (Å²) in [6, 6.07) is 0. The molecule has 5 heteroatoms. The third-order valence-corrected chi connectivity index (χ3v) is 3.55. The molecular weight excluding hydrogens is 212 g/mol. The largest absolute Gasteiger partial charge is 0.393 e. The van der Waals surface area contributed by atoms with E-state index in [9.17, 15) is 9.59 Å². The van der Waals surface area contributed by atoms with Crippen LogP contribution in [0, 0.1) is 11.8 Å². The summed E-state index contributed by atoms with van der Waals surface area (Å²) < 4.78 is 16.0. The van der Waals surface area contributed by atoms with E-state index in [1.165, 1.54) is 0 Å². The number of carbonyl (C=O) groups is 2. The van der Waals surface area contributed by atoms with E-state index in [1.54, 1.807) is 0 Å². The van der Waals surface area contributed by atoms with Gasteiger partial charge < -0.3 is 14.2 Å². The summed E-state index contributed by atoms with van der Waals surface area (Å²) in [5.74, 6) is -2.07. The lowest BCUT2D eigenvalue weighted by Gasteiger charge is -2.27. The van der Waals surface area contributed by atoms with Crippen LogP contribution >= 0.6 is 0 Å². The van der Waals surface area contributed by atoms with Crippen molar-refractivity contribution in [3.63, 3.8) is 0 Å². The van der Waals surface area contributed by atoms with Crippen LogP contribution in [0.1, 0.15) is 26.7 Å². The van der Waals surface area contributed by atoms with Crippen molar-refractivity contribution in [2.24, 2.45) is 11.8 Å². The Morgan fingerprint density at radius 2 is 1.44 bits per heavy atom. The van der Waals surface area contributed by atoms with Crippen molar-refractivity contribution in [3.8, 4) is 0 Å². The second kappa shape index (κ2) is 3.05. The molecule has 3 rings (SSSR count). The molecule has 3 aliphatic rings. The van der Waals surface area contributed by atoms with Crippen molar-refractivity contribution < 1.29 is 23.8 Å². The first-order valence-corrected chi connectivity index (χ1v) is 5.57. The molecule has 2 aliphatic heterocycles. The van der Waals surface area contributed by atoms with Crippen LogP contribution in [0.15, 0.2) is 0 Å². The summed E-state index contributed by atoms with van der Waals surface area (Å²) in [6.45, 7) is 3.70. The number of ether oxygens (including phenoxy) is 3. The Morgan fingerprint density at radius 3 is 1.88 bits per heavy atom. The average Bonchev–Trinajstić information content (AvgIpc) is 2.60. The zero-order valence-corrected chi connectivity index (χ0v) is 9.26. The number of hydrogen-bond acceptors (Lipinski definition) is 5. The molecule has 0 aromatic rings.